The summed E-state index contributed by atoms with van der Waals surface area (Å²) in [7, 11) is 0. The number of aromatic hydroxyl groups is 1. The zero-order chi connectivity index (χ0) is 14.0. The Balaban J connectivity index is 2.31. The van der Waals surface area contributed by atoms with Gasteiger partial charge in [0.05, 0.1) is 22.0 Å². The van der Waals surface area contributed by atoms with Crippen LogP contribution in [0, 0.1) is 0 Å². The maximum absolute atomic E-state index is 12.0. The lowest BCUT2D eigenvalue weighted by Gasteiger charge is -2.10. The average molecular weight is 297 g/mol. The highest BCUT2D eigenvalue weighted by Gasteiger charge is 2.13. The molecule has 2 aromatic rings. The molecular formula is C13H10Cl2N2O2. The van der Waals surface area contributed by atoms with Gasteiger partial charge in [0.15, 0.2) is 0 Å². The van der Waals surface area contributed by atoms with Crippen molar-refractivity contribution >= 4 is 40.5 Å². The molecule has 19 heavy (non-hydrogen) atoms. The van der Waals surface area contributed by atoms with E-state index in [1.807, 2.05) is 0 Å². The van der Waals surface area contributed by atoms with Gasteiger partial charge < -0.3 is 16.2 Å². The highest BCUT2D eigenvalue weighted by Crippen LogP contribution is 2.28. The number of benzene rings is 2. The van der Waals surface area contributed by atoms with Crippen molar-refractivity contribution in [3.8, 4) is 5.75 Å². The van der Waals surface area contributed by atoms with Crippen LogP contribution in [-0.2, 0) is 0 Å². The lowest BCUT2D eigenvalue weighted by Crippen LogP contribution is -2.14. The maximum atomic E-state index is 12.0. The Bertz CT molecular complexity index is 645. The number of phenolic OH excluding ortho intramolecular Hbond substituents is 1. The van der Waals surface area contributed by atoms with Gasteiger partial charge >= 0.3 is 0 Å². The number of hydrogen-bond donors (Lipinski definition) is 3. The van der Waals surface area contributed by atoms with Crippen LogP contribution in [0.3, 0.4) is 0 Å². The van der Waals surface area contributed by atoms with Gasteiger partial charge in [-0.05, 0) is 30.3 Å². The number of nitrogens with two attached hydrogens (primary N) is 1. The van der Waals surface area contributed by atoms with Crippen LogP contribution in [0.15, 0.2) is 36.4 Å². The third-order valence-corrected chi connectivity index (χ3v) is 3.07. The van der Waals surface area contributed by atoms with Crippen LogP contribution in [0.5, 0.6) is 5.75 Å². The Morgan fingerprint density at radius 1 is 1.21 bits per heavy atom. The van der Waals surface area contributed by atoms with Crippen molar-refractivity contribution in [3.63, 3.8) is 0 Å². The Morgan fingerprint density at radius 2 is 1.95 bits per heavy atom. The molecule has 0 atom stereocenters. The summed E-state index contributed by atoms with van der Waals surface area (Å²) < 4.78 is 0. The molecule has 0 aliphatic rings. The van der Waals surface area contributed by atoms with Gasteiger partial charge in [0, 0.05) is 5.02 Å². The smallest absolute Gasteiger partial charge is 0.257 e. The van der Waals surface area contributed by atoms with Gasteiger partial charge in [0.1, 0.15) is 5.75 Å². The van der Waals surface area contributed by atoms with Crippen molar-refractivity contribution in [1.29, 1.82) is 0 Å². The fraction of sp³-hybridized carbons (Fsp3) is 0. The van der Waals surface area contributed by atoms with Crippen molar-refractivity contribution < 1.29 is 9.90 Å². The van der Waals surface area contributed by atoms with Gasteiger partial charge in [-0.3, -0.25) is 4.79 Å². The second kappa shape index (κ2) is 5.38. The minimum atomic E-state index is -0.474. The second-order valence-electron chi connectivity index (χ2n) is 3.82. The zero-order valence-corrected chi connectivity index (χ0v) is 11.2. The summed E-state index contributed by atoms with van der Waals surface area (Å²) in [6.45, 7) is 0. The maximum Gasteiger partial charge on any atom is 0.257 e. The number of nitrogens with one attached hydrogen (secondary N) is 1. The first-order chi connectivity index (χ1) is 8.99. The summed E-state index contributed by atoms with van der Waals surface area (Å²) in [5, 5.41) is 12.8. The van der Waals surface area contributed by atoms with E-state index in [9.17, 15) is 9.90 Å². The van der Waals surface area contributed by atoms with E-state index in [2.05, 4.69) is 5.32 Å². The number of rotatable bonds is 2. The number of hydrogen-bond acceptors (Lipinski definition) is 3. The number of para-hydroxylation sites is 1. The van der Waals surface area contributed by atoms with Crippen molar-refractivity contribution in [2.45, 2.75) is 0 Å². The molecule has 2 aromatic carbocycles. The third-order valence-electron chi connectivity index (χ3n) is 2.50. The van der Waals surface area contributed by atoms with Crippen molar-refractivity contribution in [2.75, 3.05) is 11.1 Å². The Morgan fingerprint density at radius 3 is 2.68 bits per heavy atom. The molecule has 0 bridgehead atoms. The van der Waals surface area contributed by atoms with E-state index in [0.717, 1.165) is 0 Å². The second-order valence-corrected chi connectivity index (χ2v) is 4.66. The minimum Gasteiger partial charge on any atom is -0.506 e. The lowest BCUT2D eigenvalue weighted by atomic mass is 10.1. The SMILES string of the molecule is Nc1c(Cl)cccc1C(=O)Nc1cc(Cl)ccc1O. The largest absolute Gasteiger partial charge is 0.506 e. The van der Waals surface area contributed by atoms with E-state index in [0.29, 0.717) is 10.0 Å². The van der Waals surface area contributed by atoms with Gasteiger partial charge in [-0.1, -0.05) is 29.3 Å². The molecule has 0 spiro atoms. The summed E-state index contributed by atoms with van der Waals surface area (Å²) in [6.07, 6.45) is 0. The van der Waals surface area contributed by atoms with E-state index in [1.54, 1.807) is 12.1 Å². The summed E-state index contributed by atoms with van der Waals surface area (Å²) >= 11 is 11.6. The highest BCUT2D eigenvalue weighted by atomic mass is 35.5. The first-order valence-corrected chi connectivity index (χ1v) is 6.08. The number of anilines is 2. The van der Waals surface area contributed by atoms with Crippen LogP contribution in [0.4, 0.5) is 11.4 Å². The molecule has 0 saturated heterocycles. The number of phenols is 1. The van der Waals surface area contributed by atoms with E-state index < -0.39 is 5.91 Å². The quantitative estimate of drug-likeness (QED) is 0.586. The van der Waals surface area contributed by atoms with Crippen LogP contribution in [0.25, 0.3) is 0 Å². The normalized spacial score (nSPS) is 10.2. The molecule has 98 valence electrons. The molecule has 0 fully saturated rings. The van der Waals surface area contributed by atoms with Gasteiger partial charge in [0.25, 0.3) is 5.91 Å². The molecule has 1 amide bonds. The first kappa shape index (κ1) is 13.5. The number of amides is 1. The van der Waals surface area contributed by atoms with E-state index in [4.69, 9.17) is 28.9 Å². The van der Waals surface area contributed by atoms with Crippen LogP contribution >= 0.6 is 23.2 Å². The van der Waals surface area contributed by atoms with Crippen LogP contribution in [0.2, 0.25) is 10.0 Å². The Hall–Kier alpha value is -1.91. The molecule has 4 N–H and O–H groups in total. The predicted octanol–water partition coefficient (Wildman–Crippen LogP) is 3.53. The minimum absolute atomic E-state index is 0.0849. The summed E-state index contributed by atoms with van der Waals surface area (Å²) in [4.78, 5) is 12.0. The standard InChI is InChI=1S/C13H10Cl2N2O2/c14-7-4-5-11(18)10(6-7)17-13(19)8-2-1-3-9(15)12(8)16/h1-6,18H,16H2,(H,17,19). The van der Waals surface area contributed by atoms with E-state index in [-0.39, 0.29) is 22.7 Å². The lowest BCUT2D eigenvalue weighted by molar-refractivity contribution is 0.102. The van der Waals surface area contributed by atoms with E-state index >= 15 is 0 Å². The molecule has 0 aliphatic carbocycles. The fourth-order valence-electron chi connectivity index (χ4n) is 1.53. The zero-order valence-electron chi connectivity index (χ0n) is 9.65. The summed E-state index contributed by atoms with van der Waals surface area (Å²) in [5.74, 6) is -0.559. The molecule has 2 rings (SSSR count). The molecule has 0 radical (unpaired) electrons. The molecule has 0 heterocycles. The number of carbonyl (C=O) groups excluding carboxylic acids is 1. The van der Waals surface area contributed by atoms with Gasteiger partial charge in [-0.15, -0.1) is 0 Å². The molecule has 4 nitrogen and oxygen atoms in total. The Labute approximate surface area is 119 Å². The summed E-state index contributed by atoms with van der Waals surface area (Å²) in [5.41, 5.74) is 6.34. The molecular weight excluding hydrogens is 287 g/mol. The first-order valence-electron chi connectivity index (χ1n) is 5.33. The molecule has 0 unspecified atom stereocenters. The topological polar surface area (TPSA) is 75.4 Å². The van der Waals surface area contributed by atoms with Crippen LogP contribution in [-0.4, -0.2) is 11.0 Å². The molecule has 6 heteroatoms. The Kier molecular flexibility index (Phi) is 3.83. The van der Waals surface area contributed by atoms with Crippen LogP contribution < -0.4 is 11.1 Å². The van der Waals surface area contributed by atoms with Gasteiger partial charge in [-0.2, -0.15) is 0 Å². The summed E-state index contributed by atoms with van der Waals surface area (Å²) in [6, 6.07) is 9.09. The number of carbonyl (C=O) groups is 1. The van der Waals surface area contributed by atoms with Crippen molar-refractivity contribution in [3.05, 3.63) is 52.0 Å². The average Bonchev–Trinajstić information content (AvgIpc) is 2.37. The van der Waals surface area contributed by atoms with Crippen molar-refractivity contribution in [1.82, 2.24) is 0 Å². The fourth-order valence-corrected chi connectivity index (χ4v) is 1.88. The van der Waals surface area contributed by atoms with E-state index in [1.165, 1.54) is 24.3 Å². The highest BCUT2D eigenvalue weighted by molar-refractivity contribution is 6.34. The van der Waals surface area contributed by atoms with Crippen molar-refractivity contribution in [2.24, 2.45) is 0 Å². The molecule has 0 aromatic heterocycles. The third kappa shape index (κ3) is 2.92. The monoisotopic (exact) mass is 296 g/mol. The number of nitrogen functional groups attached to an aromatic ring is 1. The van der Waals surface area contributed by atoms with Gasteiger partial charge in [0.2, 0.25) is 0 Å². The molecule has 0 saturated carbocycles. The molecule has 0 aliphatic heterocycles. The predicted molar refractivity (Wildman–Crippen MR) is 76.9 cm³/mol. The number of halogens is 2. The van der Waals surface area contributed by atoms with Crippen LogP contribution in [0.1, 0.15) is 10.4 Å². The van der Waals surface area contributed by atoms with Gasteiger partial charge in [-0.25, -0.2) is 0 Å².